The third-order valence-corrected chi connectivity index (χ3v) is 4.69. The fraction of sp³-hybridized carbons (Fsp3) is 0.176. The van der Waals surface area contributed by atoms with E-state index in [1.807, 2.05) is 25.9 Å². The second-order valence-corrected chi connectivity index (χ2v) is 6.40. The highest BCUT2D eigenvalue weighted by Gasteiger charge is 2.18. The molecule has 0 unspecified atom stereocenters. The number of hydrogen-bond donors (Lipinski definition) is 0. The predicted octanol–water partition coefficient (Wildman–Crippen LogP) is 3.13. The van der Waals surface area contributed by atoms with Crippen LogP contribution in [-0.4, -0.2) is 39.5 Å². The van der Waals surface area contributed by atoms with Gasteiger partial charge in [-0.1, -0.05) is 11.3 Å². The lowest BCUT2D eigenvalue weighted by atomic mass is 10.2. The van der Waals surface area contributed by atoms with E-state index in [4.69, 9.17) is 4.74 Å². The van der Waals surface area contributed by atoms with E-state index in [-0.39, 0.29) is 5.82 Å². The van der Waals surface area contributed by atoms with Crippen molar-refractivity contribution in [3.8, 4) is 11.4 Å². The van der Waals surface area contributed by atoms with E-state index in [9.17, 15) is 9.18 Å². The van der Waals surface area contributed by atoms with Gasteiger partial charge in [-0.2, -0.15) is 4.98 Å². The molecular formula is C17H15FN4O2S. The maximum Gasteiger partial charge on any atom is 0.213 e. The molecule has 1 aromatic carbocycles. The molecule has 6 nitrogen and oxygen atoms in total. The molecule has 2 heterocycles. The van der Waals surface area contributed by atoms with Crippen LogP contribution in [0.3, 0.4) is 0 Å². The second kappa shape index (κ2) is 6.88. The summed E-state index contributed by atoms with van der Waals surface area (Å²) >= 11 is 1.45. The average Bonchev–Trinajstić information content (AvgIpc) is 3.12. The summed E-state index contributed by atoms with van der Waals surface area (Å²) in [6.45, 7) is 1.93. The summed E-state index contributed by atoms with van der Waals surface area (Å²) < 4.78 is 19.9. The summed E-state index contributed by atoms with van der Waals surface area (Å²) in [6.07, 6.45) is 2.42. The normalized spacial score (nSPS) is 11.4. The number of halogens is 1. The summed E-state index contributed by atoms with van der Waals surface area (Å²) in [5, 5.41) is 4.51. The Bertz CT molecular complexity index is 982. The Morgan fingerprint density at radius 3 is 2.68 bits per heavy atom. The van der Waals surface area contributed by atoms with Gasteiger partial charge in [0.15, 0.2) is 18.0 Å². The fourth-order valence-electron chi connectivity index (χ4n) is 2.29. The summed E-state index contributed by atoms with van der Waals surface area (Å²) in [6, 6.07) is 6.06. The first kappa shape index (κ1) is 16.9. The zero-order valence-electron chi connectivity index (χ0n) is 13.9. The molecule has 3 rings (SSSR count). The van der Waals surface area contributed by atoms with Crippen LogP contribution >= 0.6 is 11.3 Å². The average molecular weight is 358 g/mol. The van der Waals surface area contributed by atoms with Crippen LogP contribution in [0.2, 0.25) is 0 Å². The standard InChI is InChI=1S/C17H15FN4O2S/c1-11-15(14(21(2)3)10-24-9-8-23)25-17-19-16(20-22(11)17)12-4-6-13(18)7-5-12/h4-7,9-10H,1-3H3. The molecule has 128 valence electrons. The van der Waals surface area contributed by atoms with Gasteiger partial charge in [0.2, 0.25) is 4.96 Å². The van der Waals surface area contributed by atoms with Gasteiger partial charge in [-0.3, -0.25) is 0 Å². The molecule has 0 amide bonds. The van der Waals surface area contributed by atoms with Crippen molar-refractivity contribution in [1.29, 1.82) is 0 Å². The van der Waals surface area contributed by atoms with Gasteiger partial charge in [-0.15, -0.1) is 5.10 Å². The van der Waals surface area contributed by atoms with Crippen molar-refractivity contribution in [2.24, 2.45) is 0 Å². The highest BCUT2D eigenvalue weighted by Crippen LogP contribution is 2.31. The van der Waals surface area contributed by atoms with Gasteiger partial charge in [0, 0.05) is 19.7 Å². The topological polar surface area (TPSA) is 59.7 Å². The minimum absolute atomic E-state index is 0.298. The summed E-state index contributed by atoms with van der Waals surface area (Å²) in [5.74, 6) is 1.81. The van der Waals surface area contributed by atoms with Crippen LogP contribution in [0, 0.1) is 12.7 Å². The largest absolute Gasteiger partial charge is 0.459 e. The molecule has 25 heavy (non-hydrogen) atoms. The van der Waals surface area contributed by atoms with Crippen molar-refractivity contribution in [3.05, 3.63) is 53.2 Å². The molecule has 2 aromatic heterocycles. The SMILES string of the molecule is Cc1c(C(=COC=C=O)N(C)C)sc2nc(-c3ccc(F)cc3)nn12. The quantitative estimate of drug-likeness (QED) is 0.518. The first-order valence-electron chi connectivity index (χ1n) is 7.36. The van der Waals surface area contributed by atoms with E-state index in [0.29, 0.717) is 10.8 Å². The molecule has 0 spiro atoms. The van der Waals surface area contributed by atoms with E-state index in [1.165, 1.54) is 29.7 Å². The number of thiazole rings is 1. The van der Waals surface area contributed by atoms with E-state index in [1.54, 1.807) is 22.6 Å². The fourth-order valence-corrected chi connectivity index (χ4v) is 3.44. The van der Waals surface area contributed by atoms with Crippen LogP contribution in [0.25, 0.3) is 22.0 Å². The number of rotatable bonds is 5. The molecule has 0 bridgehead atoms. The van der Waals surface area contributed by atoms with Crippen molar-refractivity contribution in [3.63, 3.8) is 0 Å². The molecule has 0 aliphatic carbocycles. The Morgan fingerprint density at radius 1 is 1.36 bits per heavy atom. The summed E-state index contributed by atoms with van der Waals surface area (Å²) in [7, 11) is 3.75. The van der Waals surface area contributed by atoms with Gasteiger partial charge in [0.05, 0.1) is 16.3 Å². The molecule has 0 atom stereocenters. The minimum Gasteiger partial charge on any atom is -0.459 e. The number of aryl methyl sites for hydroxylation is 1. The van der Waals surface area contributed by atoms with E-state index < -0.39 is 0 Å². The lowest BCUT2D eigenvalue weighted by Gasteiger charge is -2.15. The maximum absolute atomic E-state index is 13.1. The van der Waals surface area contributed by atoms with Crippen LogP contribution in [0.15, 0.2) is 36.8 Å². The molecule has 0 saturated heterocycles. The number of carbonyl (C=O) groups excluding carboxylic acids is 1. The monoisotopic (exact) mass is 358 g/mol. The molecule has 8 heteroatoms. The molecule has 0 N–H and O–H groups in total. The van der Waals surface area contributed by atoms with Crippen LogP contribution in [0.4, 0.5) is 4.39 Å². The van der Waals surface area contributed by atoms with Gasteiger partial charge in [-0.25, -0.2) is 13.7 Å². The molecule has 0 aliphatic rings. The first-order chi connectivity index (χ1) is 12.0. The summed E-state index contributed by atoms with van der Waals surface area (Å²) in [5.41, 5.74) is 2.42. The van der Waals surface area contributed by atoms with Crippen LogP contribution in [0.1, 0.15) is 10.6 Å². The van der Waals surface area contributed by atoms with Crippen molar-refractivity contribution >= 4 is 27.9 Å². The Labute approximate surface area is 147 Å². The van der Waals surface area contributed by atoms with Crippen molar-refractivity contribution in [2.75, 3.05) is 14.1 Å². The molecule has 0 radical (unpaired) electrons. The third kappa shape index (κ3) is 3.31. The molecule has 3 aromatic rings. The molecule has 0 saturated carbocycles. The lowest BCUT2D eigenvalue weighted by molar-refractivity contribution is 0.395. The Balaban J connectivity index is 2.03. The maximum atomic E-state index is 13.1. The van der Waals surface area contributed by atoms with Gasteiger partial charge in [-0.05, 0) is 31.2 Å². The third-order valence-electron chi connectivity index (χ3n) is 3.53. The van der Waals surface area contributed by atoms with Crippen molar-refractivity contribution in [1.82, 2.24) is 19.5 Å². The number of aromatic nitrogens is 3. The second-order valence-electron chi connectivity index (χ2n) is 5.42. The first-order valence-corrected chi connectivity index (χ1v) is 8.17. The van der Waals surface area contributed by atoms with Crippen LogP contribution in [-0.2, 0) is 9.53 Å². The smallest absolute Gasteiger partial charge is 0.213 e. The zero-order valence-corrected chi connectivity index (χ0v) is 14.7. The van der Waals surface area contributed by atoms with Gasteiger partial charge >= 0.3 is 0 Å². The number of ether oxygens (including phenoxy) is 1. The minimum atomic E-state index is -0.298. The number of fused-ring (bicyclic) bond motifs is 1. The van der Waals surface area contributed by atoms with E-state index in [0.717, 1.165) is 28.1 Å². The predicted molar refractivity (Wildman–Crippen MR) is 94.0 cm³/mol. The van der Waals surface area contributed by atoms with Crippen molar-refractivity contribution < 1.29 is 13.9 Å². The zero-order chi connectivity index (χ0) is 18.0. The van der Waals surface area contributed by atoms with E-state index in [2.05, 4.69) is 10.1 Å². The number of hydrogen-bond acceptors (Lipinski definition) is 6. The molecule has 0 fully saturated rings. The van der Waals surface area contributed by atoms with E-state index >= 15 is 0 Å². The van der Waals surface area contributed by atoms with Crippen LogP contribution in [0.5, 0.6) is 0 Å². The van der Waals surface area contributed by atoms with Gasteiger partial charge < -0.3 is 9.64 Å². The summed E-state index contributed by atoms with van der Waals surface area (Å²) in [4.78, 5) is 18.3. The highest BCUT2D eigenvalue weighted by molar-refractivity contribution is 7.18. The highest BCUT2D eigenvalue weighted by atomic mass is 32.1. The Kier molecular flexibility index (Phi) is 4.65. The van der Waals surface area contributed by atoms with Crippen LogP contribution < -0.4 is 0 Å². The van der Waals surface area contributed by atoms with Crippen molar-refractivity contribution in [2.45, 2.75) is 6.92 Å². The number of benzene rings is 1. The Hall–Kier alpha value is -2.96. The number of nitrogens with zero attached hydrogens (tertiary/aromatic N) is 4. The Morgan fingerprint density at radius 2 is 2.08 bits per heavy atom. The van der Waals surface area contributed by atoms with Gasteiger partial charge in [0.25, 0.3) is 0 Å². The molecular weight excluding hydrogens is 343 g/mol. The lowest BCUT2D eigenvalue weighted by Crippen LogP contribution is -2.10. The van der Waals surface area contributed by atoms with Gasteiger partial charge in [0.1, 0.15) is 12.1 Å². The molecule has 0 aliphatic heterocycles.